The van der Waals surface area contributed by atoms with E-state index in [0.29, 0.717) is 23.1 Å². The lowest BCUT2D eigenvalue weighted by atomic mass is 9.88. The number of hydrogen-bond acceptors (Lipinski definition) is 3. The maximum Gasteiger partial charge on any atom is 0.460 e. The van der Waals surface area contributed by atoms with Gasteiger partial charge in [0, 0.05) is 11.8 Å². The van der Waals surface area contributed by atoms with Crippen LogP contribution in [0.15, 0.2) is 27.8 Å². The Morgan fingerprint density at radius 3 is 1.68 bits per heavy atom. The van der Waals surface area contributed by atoms with Crippen LogP contribution in [0.4, 0.5) is 65.9 Å². The van der Waals surface area contributed by atoms with Crippen molar-refractivity contribution in [2.45, 2.75) is 45.9 Å². The molecule has 0 aliphatic heterocycles. The van der Waals surface area contributed by atoms with Gasteiger partial charge in [-0.2, -0.15) is 65.9 Å². The van der Waals surface area contributed by atoms with Crippen LogP contribution >= 0.6 is 34.4 Å². The van der Waals surface area contributed by atoms with Crippen molar-refractivity contribution in [3.8, 4) is 9.75 Å². The van der Waals surface area contributed by atoms with Crippen molar-refractivity contribution in [3.63, 3.8) is 0 Å². The van der Waals surface area contributed by atoms with Crippen molar-refractivity contribution >= 4 is 34.4 Å². The summed E-state index contributed by atoms with van der Waals surface area (Å²) in [6, 6.07) is 2.23. The standard InChI is InChI=1S/C16H7F15S3/c1-32-8-5-6(9(34-8)7-3-2-4-33-7)10(17,18)11(19,20)12(21,22)13(23,24)14(25,26)15(27,28)16(29,30)31/h2-5H,1H3/i1T. The van der Waals surface area contributed by atoms with Crippen molar-refractivity contribution in [1.82, 2.24) is 0 Å². The number of halogens is 15. The molecule has 0 amide bonds. The van der Waals surface area contributed by atoms with Gasteiger partial charge in [0.05, 0.1) is 9.09 Å². The molecule has 0 aliphatic carbocycles. The Hall–Kier alpha value is -1.30. The smallest absolute Gasteiger partial charge is 0.194 e. The minimum Gasteiger partial charge on any atom is -0.194 e. The van der Waals surface area contributed by atoms with Gasteiger partial charge in [-0.3, -0.25) is 0 Å². The van der Waals surface area contributed by atoms with Gasteiger partial charge in [-0.25, -0.2) is 0 Å². The minimum absolute atomic E-state index is 0.0729. The van der Waals surface area contributed by atoms with Gasteiger partial charge in [-0.05, 0) is 23.7 Å². The third kappa shape index (κ3) is 3.87. The molecule has 2 aromatic rings. The summed E-state index contributed by atoms with van der Waals surface area (Å²) >= 11 is 1.16. The zero-order chi connectivity index (χ0) is 27.5. The Kier molecular flexibility index (Phi) is 6.73. The van der Waals surface area contributed by atoms with E-state index in [1.54, 1.807) is 0 Å². The fourth-order valence-electron chi connectivity index (χ4n) is 2.40. The van der Waals surface area contributed by atoms with E-state index < -0.39 is 62.6 Å². The fourth-order valence-corrected chi connectivity index (χ4v) is 4.88. The molecule has 34 heavy (non-hydrogen) atoms. The van der Waals surface area contributed by atoms with E-state index in [-0.39, 0.29) is 22.3 Å². The molecule has 0 N–H and O–H groups in total. The number of hydrogen-bond donors (Lipinski definition) is 0. The highest BCUT2D eigenvalue weighted by Crippen LogP contribution is 2.64. The SMILES string of the molecule is [3H]CSc1cc(C(F)(F)C(F)(F)C(F)(F)C(F)(F)C(F)(F)C(F)(F)C(F)(F)F)c(-c2cccs2)s1. The summed E-state index contributed by atoms with van der Waals surface area (Å²) in [5, 5.41) is 1.19. The number of thioether (sulfide) groups is 1. The molecule has 0 atom stereocenters. The highest BCUT2D eigenvalue weighted by Gasteiger charge is 2.93. The van der Waals surface area contributed by atoms with E-state index in [0.717, 1.165) is 6.07 Å². The average Bonchev–Trinajstić information content (AvgIpc) is 3.36. The van der Waals surface area contributed by atoms with E-state index in [2.05, 4.69) is 0 Å². The van der Waals surface area contributed by atoms with Gasteiger partial charge < -0.3 is 0 Å². The van der Waals surface area contributed by atoms with Crippen LogP contribution < -0.4 is 0 Å². The van der Waals surface area contributed by atoms with Gasteiger partial charge in [0.2, 0.25) is 0 Å². The summed E-state index contributed by atoms with van der Waals surface area (Å²) in [4.78, 5) is -1.26. The van der Waals surface area contributed by atoms with Gasteiger partial charge in [-0.1, -0.05) is 6.07 Å². The molecular weight excluding hydrogens is 573 g/mol. The van der Waals surface area contributed by atoms with E-state index in [4.69, 9.17) is 1.37 Å². The monoisotopic (exact) mass is 582 g/mol. The highest BCUT2D eigenvalue weighted by molar-refractivity contribution is 8.00. The van der Waals surface area contributed by atoms with E-state index in [9.17, 15) is 65.9 Å². The summed E-state index contributed by atoms with van der Waals surface area (Å²) in [6.45, 7) is 0. The molecule has 194 valence electrons. The van der Waals surface area contributed by atoms with Crippen LogP contribution in [-0.2, 0) is 5.92 Å². The van der Waals surface area contributed by atoms with Crippen LogP contribution in [0.3, 0.4) is 0 Å². The van der Waals surface area contributed by atoms with Crippen molar-refractivity contribution < 1.29 is 67.2 Å². The maximum absolute atomic E-state index is 14.7. The first kappa shape index (κ1) is 27.3. The van der Waals surface area contributed by atoms with Gasteiger partial charge >= 0.3 is 41.7 Å². The predicted molar refractivity (Wildman–Crippen MR) is 94.1 cm³/mol. The quantitative estimate of drug-likeness (QED) is 0.221. The third-order valence-corrected chi connectivity index (χ3v) is 7.25. The van der Waals surface area contributed by atoms with E-state index in [1.807, 2.05) is 0 Å². The average molecular weight is 582 g/mol. The second-order valence-electron chi connectivity index (χ2n) is 6.37. The summed E-state index contributed by atoms with van der Waals surface area (Å²) in [5.41, 5.74) is -2.12. The topological polar surface area (TPSA) is 0 Å². The second-order valence-corrected chi connectivity index (χ2v) is 9.36. The van der Waals surface area contributed by atoms with Crippen molar-refractivity contribution in [2.24, 2.45) is 0 Å². The van der Waals surface area contributed by atoms with Gasteiger partial charge in [0.15, 0.2) is 0 Å². The first-order valence-corrected chi connectivity index (χ1v) is 10.6. The van der Waals surface area contributed by atoms with Crippen molar-refractivity contribution in [1.29, 1.82) is 0 Å². The Bertz CT molecular complexity index is 1020. The van der Waals surface area contributed by atoms with Crippen LogP contribution in [0.2, 0.25) is 0 Å². The largest absolute Gasteiger partial charge is 0.460 e. The first-order chi connectivity index (χ1) is 15.5. The first-order valence-electron chi connectivity index (χ1n) is 8.67. The van der Waals surface area contributed by atoms with Crippen LogP contribution in [-0.4, -0.2) is 42.0 Å². The minimum atomic E-state index is -8.33. The Morgan fingerprint density at radius 2 is 1.24 bits per heavy atom. The highest BCUT2D eigenvalue weighted by atomic mass is 32.2. The molecule has 2 rings (SSSR count). The van der Waals surface area contributed by atoms with E-state index in [1.165, 1.54) is 11.4 Å². The molecule has 0 aromatic carbocycles. The van der Waals surface area contributed by atoms with E-state index >= 15 is 0 Å². The van der Waals surface area contributed by atoms with Gasteiger partial charge in [0.1, 0.15) is 0 Å². The molecule has 0 radical (unpaired) electrons. The number of thiophene rings is 2. The lowest BCUT2D eigenvalue weighted by Gasteiger charge is -2.41. The molecular formula is C16H7F15S3. The van der Waals surface area contributed by atoms with Crippen LogP contribution in [0, 0.1) is 0 Å². The number of rotatable bonds is 8. The van der Waals surface area contributed by atoms with Crippen LogP contribution in [0.25, 0.3) is 9.75 Å². The normalized spacial score (nSPS) is 15.6. The zero-order valence-corrected chi connectivity index (χ0v) is 17.9. The molecule has 0 fully saturated rings. The molecule has 0 saturated carbocycles. The molecule has 2 aromatic heterocycles. The Balaban J connectivity index is 2.72. The zero-order valence-electron chi connectivity index (χ0n) is 16.4. The molecule has 2 heterocycles. The predicted octanol–water partition coefficient (Wildman–Crippen LogP) is 9.03. The second kappa shape index (κ2) is 8.38. The van der Waals surface area contributed by atoms with Gasteiger partial charge in [-0.15, -0.1) is 34.4 Å². The molecule has 0 unspecified atom stereocenters. The molecule has 0 spiro atoms. The summed E-state index contributed by atoms with van der Waals surface area (Å²) in [5.74, 6) is -46.9. The third-order valence-electron chi connectivity index (χ3n) is 4.26. The number of alkyl halides is 15. The Morgan fingerprint density at radius 1 is 0.735 bits per heavy atom. The Labute approximate surface area is 193 Å². The summed E-state index contributed by atoms with van der Waals surface area (Å²) in [7, 11) is 0. The van der Waals surface area contributed by atoms with Crippen LogP contribution in [0.1, 0.15) is 6.93 Å². The lowest BCUT2D eigenvalue weighted by Crippen LogP contribution is -2.72. The lowest BCUT2D eigenvalue weighted by molar-refractivity contribution is -0.453. The van der Waals surface area contributed by atoms with Crippen molar-refractivity contribution in [2.75, 3.05) is 6.23 Å². The molecule has 18 heteroatoms. The fraction of sp³-hybridized carbons (Fsp3) is 0.500. The summed E-state index contributed by atoms with van der Waals surface area (Å²) < 4.78 is 209. The van der Waals surface area contributed by atoms with Gasteiger partial charge in [0.25, 0.3) is 0 Å². The molecule has 0 bridgehead atoms. The van der Waals surface area contributed by atoms with Crippen LogP contribution in [0.5, 0.6) is 0 Å². The molecule has 0 saturated heterocycles. The van der Waals surface area contributed by atoms with Crippen molar-refractivity contribution in [3.05, 3.63) is 29.1 Å². The summed E-state index contributed by atoms with van der Waals surface area (Å²) in [6.07, 6.45) is -8.27. The maximum atomic E-state index is 14.7. The molecule has 0 aliphatic rings. The molecule has 0 nitrogen and oxygen atoms in total.